The van der Waals surface area contributed by atoms with Gasteiger partial charge in [-0.05, 0) is 30.7 Å². The van der Waals surface area contributed by atoms with Gasteiger partial charge >= 0.3 is 5.97 Å². The monoisotopic (exact) mass is 478 g/mol. The summed E-state index contributed by atoms with van der Waals surface area (Å²) < 4.78 is 23.9. The average molecular weight is 479 g/mol. The molecule has 1 aliphatic rings. The quantitative estimate of drug-likeness (QED) is 0.410. The number of hydrogen-bond acceptors (Lipinski definition) is 6. The Labute approximate surface area is 201 Å². The number of nitrogens with zero attached hydrogens (tertiary/aromatic N) is 6. The van der Waals surface area contributed by atoms with Crippen LogP contribution in [-0.2, 0) is 27.9 Å². The van der Waals surface area contributed by atoms with Crippen LogP contribution >= 0.6 is 0 Å². The van der Waals surface area contributed by atoms with Gasteiger partial charge < -0.3 is 14.5 Å². The molecule has 0 atom stereocenters. The lowest BCUT2D eigenvalue weighted by Gasteiger charge is -2.34. The summed E-state index contributed by atoms with van der Waals surface area (Å²) in [5.74, 6) is -0.0524. The normalized spacial score (nSPS) is 14.2. The van der Waals surface area contributed by atoms with E-state index in [1.807, 2.05) is 25.2 Å². The molecule has 0 radical (unpaired) electrons. The molecule has 1 aliphatic heterocycles. The second-order valence-electron chi connectivity index (χ2n) is 8.64. The van der Waals surface area contributed by atoms with Crippen LogP contribution in [0.25, 0.3) is 32.9 Å². The Morgan fingerprint density at radius 1 is 1.09 bits per heavy atom. The van der Waals surface area contributed by atoms with E-state index < -0.39 is 5.97 Å². The zero-order valence-corrected chi connectivity index (χ0v) is 20.0. The van der Waals surface area contributed by atoms with E-state index in [9.17, 15) is 9.59 Å². The number of ether oxygens (including phenoxy) is 1. The van der Waals surface area contributed by atoms with Gasteiger partial charge in [0.25, 0.3) is 0 Å². The molecule has 2 aromatic heterocycles. The summed E-state index contributed by atoms with van der Waals surface area (Å²) in [6, 6.07) is 8.87. The van der Waals surface area contributed by atoms with Crippen LogP contribution in [0.2, 0.25) is 0 Å². The SMILES string of the molecule is CCOC(=O)Cn1nc(N2CCN(C(C)=O)CC2)c2c(-c3cc4c(cnn4C)cc3F)cccc21. The minimum Gasteiger partial charge on any atom is -0.465 e. The zero-order valence-electron chi connectivity index (χ0n) is 20.0. The maximum Gasteiger partial charge on any atom is 0.327 e. The van der Waals surface area contributed by atoms with E-state index in [1.165, 1.54) is 6.07 Å². The Morgan fingerprint density at radius 2 is 1.86 bits per heavy atom. The van der Waals surface area contributed by atoms with Crippen LogP contribution in [0.15, 0.2) is 36.5 Å². The highest BCUT2D eigenvalue weighted by atomic mass is 19.1. The molecule has 0 unspecified atom stereocenters. The average Bonchev–Trinajstić information content (AvgIpc) is 3.39. The maximum absolute atomic E-state index is 15.4. The first kappa shape index (κ1) is 22.8. The van der Waals surface area contributed by atoms with E-state index in [-0.39, 0.29) is 24.9 Å². The molecule has 182 valence electrons. The number of carbonyl (C=O) groups is 2. The predicted octanol–water partition coefficient (Wildman–Crippen LogP) is 2.96. The molecule has 9 nitrogen and oxygen atoms in total. The van der Waals surface area contributed by atoms with E-state index >= 15 is 4.39 Å². The van der Waals surface area contributed by atoms with Crippen molar-refractivity contribution in [3.05, 3.63) is 42.3 Å². The molecule has 2 aromatic carbocycles. The van der Waals surface area contributed by atoms with Crippen LogP contribution in [0.4, 0.5) is 10.2 Å². The van der Waals surface area contributed by atoms with E-state index in [0.717, 1.165) is 16.3 Å². The first-order chi connectivity index (χ1) is 16.9. The fourth-order valence-electron chi connectivity index (χ4n) is 4.72. The molecule has 5 rings (SSSR count). The van der Waals surface area contributed by atoms with Gasteiger partial charge in [0.15, 0.2) is 5.82 Å². The van der Waals surface area contributed by atoms with Crippen molar-refractivity contribution in [1.29, 1.82) is 0 Å². The number of rotatable bonds is 5. The Hall–Kier alpha value is -3.95. The van der Waals surface area contributed by atoms with Crippen molar-refractivity contribution < 1.29 is 18.7 Å². The van der Waals surface area contributed by atoms with Crippen molar-refractivity contribution in [2.75, 3.05) is 37.7 Å². The number of piperazine rings is 1. The summed E-state index contributed by atoms with van der Waals surface area (Å²) in [5, 5.41) is 10.5. The summed E-state index contributed by atoms with van der Waals surface area (Å²) in [4.78, 5) is 28.0. The number of aromatic nitrogens is 4. The van der Waals surface area contributed by atoms with Crippen LogP contribution in [0, 0.1) is 5.82 Å². The van der Waals surface area contributed by atoms with Gasteiger partial charge in [-0.3, -0.25) is 19.0 Å². The molecule has 4 aromatic rings. The highest BCUT2D eigenvalue weighted by molar-refractivity contribution is 6.04. The van der Waals surface area contributed by atoms with Crippen molar-refractivity contribution in [2.24, 2.45) is 7.05 Å². The van der Waals surface area contributed by atoms with E-state index in [0.29, 0.717) is 48.6 Å². The summed E-state index contributed by atoms with van der Waals surface area (Å²) in [6.45, 7) is 5.86. The molecule has 35 heavy (non-hydrogen) atoms. The van der Waals surface area contributed by atoms with E-state index in [4.69, 9.17) is 9.84 Å². The van der Waals surface area contributed by atoms with Crippen molar-refractivity contribution >= 4 is 39.5 Å². The number of hydrogen-bond donors (Lipinski definition) is 0. The van der Waals surface area contributed by atoms with Crippen molar-refractivity contribution in [1.82, 2.24) is 24.5 Å². The van der Waals surface area contributed by atoms with Gasteiger partial charge in [-0.2, -0.15) is 10.2 Å². The molecular weight excluding hydrogens is 451 g/mol. The first-order valence-corrected chi connectivity index (χ1v) is 11.6. The van der Waals surface area contributed by atoms with Gasteiger partial charge in [0.05, 0.1) is 29.2 Å². The summed E-state index contributed by atoms with van der Waals surface area (Å²) in [6.07, 6.45) is 1.64. The third-order valence-corrected chi connectivity index (χ3v) is 6.49. The Kier molecular flexibility index (Phi) is 5.88. The minimum atomic E-state index is -0.391. The van der Waals surface area contributed by atoms with Crippen LogP contribution in [0.5, 0.6) is 0 Å². The number of esters is 1. The lowest BCUT2D eigenvalue weighted by Crippen LogP contribution is -2.48. The van der Waals surface area contributed by atoms with Gasteiger partial charge in [0.2, 0.25) is 5.91 Å². The van der Waals surface area contributed by atoms with Crippen LogP contribution < -0.4 is 4.90 Å². The summed E-state index contributed by atoms with van der Waals surface area (Å²) >= 11 is 0. The van der Waals surface area contributed by atoms with Gasteiger partial charge in [-0.25, -0.2) is 4.39 Å². The molecule has 3 heterocycles. The Bertz CT molecular complexity index is 1430. The fourth-order valence-corrected chi connectivity index (χ4v) is 4.72. The second kappa shape index (κ2) is 9.01. The highest BCUT2D eigenvalue weighted by Crippen LogP contribution is 2.38. The van der Waals surface area contributed by atoms with Crippen molar-refractivity contribution in [3.63, 3.8) is 0 Å². The molecule has 0 saturated carbocycles. The molecule has 0 bridgehead atoms. The van der Waals surface area contributed by atoms with Crippen LogP contribution in [0.3, 0.4) is 0 Å². The number of carbonyl (C=O) groups excluding carboxylic acids is 2. The molecule has 10 heteroatoms. The summed E-state index contributed by atoms with van der Waals surface area (Å²) in [5.41, 5.74) is 2.64. The number of amides is 1. The summed E-state index contributed by atoms with van der Waals surface area (Å²) in [7, 11) is 1.82. The molecule has 1 saturated heterocycles. The Morgan fingerprint density at radius 3 is 2.57 bits per heavy atom. The predicted molar refractivity (Wildman–Crippen MR) is 130 cm³/mol. The first-order valence-electron chi connectivity index (χ1n) is 11.6. The van der Waals surface area contributed by atoms with Crippen LogP contribution in [0.1, 0.15) is 13.8 Å². The van der Waals surface area contributed by atoms with E-state index in [2.05, 4.69) is 10.00 Å². The lowest BCUT2D eigenvalue weighted by molar-refractivity contribution is -0.144. The lowest BCUT2D eigenvalue weighted by atomic mass is 9.99. The standard InChI is InChI=1S/C25H27FN6O3/c1-4-35-23(34)15-32-21-7-5-6-18(19-13-22-17(12-20(19)26)14-27-29(22)3)24(21)25(28-32)31-10-8-30(9-11-31)16(2)33/h5-7,12-14H,4,8-11,15H2,1-3H3. The van der Waals surface area contributed by atoms with Crippen molar-refractivity contribution in [2.45, 2.75) is 20.4 Å². The Balaban J connectivity index is 1.67. The third kappa shape index (κ3) is 4.09. The maximum atomic E-state index is 15.4. The van der Waals surface area contributed by atoms with Gasteiger partial charge in [0.1, 0.15) is 12.4 Å². The number of aryl methyl sites for hydroxylation is 1. The van der Waals surface area contributed by atoms with E-state index in [1.54, 1.807) is 40.4 Å². The minimum absolute atomic E-state index is 0.0367. The van der Waals surface area contributed by atoms with Gasteiger partial charge in [0, 0.05) is 51.1 Å². The molecule has 0 aliphatic carbocycles. The number of fused-ring (bicyclic) bond motifs is 2. The highest BCUT2D eigenvalue weighted by Gasteiger charge is 2.26. The third-order valence-electron chi connectivity index (χ3n) is 6.49. The molecule has 1 amide bonds. The van der Waals surface area contributed by atoms with Gasteiger partial charge in [-0.15, -0.1) is 0 Å². The van der Waals surface area contributed by atoms with Crippen LogP contribution in [-0.4, -0.2) is 69.1 Å². The molecule has 0 spiro atoms. The van der Waals surface area contributed by atoms with Crippen molar-refractivity contribution in [3.8, 4) is 11.1 Å². The smallest absolute Gasteiger partial charge is 0.327 e. The number of benzene rings is 2. The topological polar surface area (TPSA) is 85.5 Å². The zero-order chi connectivity index (χ0) is 24.7. The second-order valence-corrected chi connectivity index (χ2v) is 8.64. The fraction of sp³-hybridized carbons (Fsp3) is 0.360. The molecular formula is C25H27FN6O3. The molecule has 0 N–H and O–H groups in total. The van der Waals surface area contributed by atoms with Gasteiger partial charge in [-0.1, -0.05) is 12.1 Å². The number of anilines is 1. The largest absolute Gasteiger partial charge is 0.465 e. The number of halogens is 1. The molecule has 1 fully saturated rings.